The van der Waals surface area contributed by atoms with Crippen LogP contribution in [0.4, 0.5) is 10.5 Å². The Balaban J connectivity index is 1.85. The van der Waals surface area contributed by atoms with Crippen LogP contribution in [0.5, 0.6) is 0 Å². The average molecular weight is 235 g/mol. The van der Waals surface area contributed by atoms with Crippen molar-refractivity contribution in [3.8, 4) is 0 Å². The number of piperidine rings is 1. The van der Waals surface area contributed by atoms with Crippen LogP contribution in [0, 0.1) is 0 Å². The number of likely N-dealkylation sites (tertiary alicyclic amines) is 1. The van der Waals surface area contributed by atoms with E-state index in [1.807, 2.05) is 11.0 Å². The first-order valence-electron chi connectivity index (χ1n) is 5.78. The molecule has 0 radical (unpaired) electrons. The first-order valence-corrected chi connectivity index (χ1v) is 5.78. The maximum atomic E-state index is 11.9. The Labute approximate surface area is 101 Å². The topological polar surface area (TPSA) is 54.5 Å². The SMILES string of the molecule is COC1CCN(C(=O)Nc2cccnc2)CC1. The van der Waals surface area contributed by atoms with Crippen LogP contribution in [-0.4, -0.2) is 42.2 Å². The molecule has 2 amide bonds. The number of hydrogen-bond acceptors (Lipinski definition) is 3. The van der Waals surface area contributed by atoms with Crippen LogP contribution in [0.2, 0.25) is 0 Å². The first kappa shape index (κ1) is 11.9. The second-order valence-corrected chi connectivity index (χ2v) is 4.09. The van der Waals surface area contributed by atoms with Gasteiger partial charge in [0, 0.05) is 26.4 Å². The monoisotopic (exact) mass is 235 g/mol. The van der Waals surface area contributed by atoms with Gasteiger partial charge >= 0.3 is 6.03 Å². The van der Waals surface area contributed by atoms with Crippen LogP contribution in [0.3, 0.4) is 0 Å². The van der Waals surface area contributed by atoms with Gasteiger partial charge in [-0.2, -0.15) is 0 Å². The van der Waals surface area contributed by atoms with Gasteiger partial charge in [-0.3, -0.25) is 4.98 Å². The molecule has 2 heterocycles. The molecule has 5 heteroatoms. The van der Waals surface area contributed by atoms with E-state index in [0.29, 0.717) is 0 Å². The molecule has 0 bridgehead atoms. The number of urea groups is 1. The smallest absolute Gasteiger partial charge is 0.321 e. The van der Waals surface area contributed by atoms with Gasteiger partial charge in [-0.05, 0) is 25.0 Å². The normalized spacial score (nSPS) is 16.9. The van der Waals surface area contributed by atoms with E-state index in [4.69, 9.17) is 4.74 Å². The number of carbonyl (C=O) groups excluding carboxylic acids is 1. The van der Waals surface area contributed by atoms with Crippen molar-refractivity contribution < 1.29 is 9.53 Å². The van der Waals surface area contributed by atoms with Gasteiger partial charge in [0.15, 0.2) is 0 Å². The van der Waals surface area contributed by atoms with Gasteiger partial charge in [-0.25, -0.2) is 4.79 Å². The van der Waals surface area contributed by atoms with Gasteiger partial charge < -0.3 is 15.0 Å². The minimum absolute atomic E-state index is 0.0625. The second kappa shape index (κ2) is 5.63. The number of pyridine rings is 1. The quantitative estimate of drug-likeness (QED) is 0.849. The lowest BCUT2D eigenvalue weighted by Crippen LogP contribution is -2.42. The molecule has 1 aromatic rings. The number of methoxy groups -OCH3 is 1. The van der Waals surface area contributed by atoms with E-state index in [2.05, 4.69) is 10.3 Å². The van der Waals surface area contributed by atoms with Gasteiger partial charge in [-0.1, -0.05) is 0 Å². The Hall–Kier alpha value is -1.62. The fourth-order valence-electron chi connectivity index (χ4n) is 1.93. The van der Waals surface area contributed by atoms with Crippen LogP contribution in [0.1, 0.15) is 12.8 Å². The minimum atomic E-state index is -0.0625. The fraction of sp³-hybridized carbons (Fsp3) is 0.500. The van der Waals surface area contributed by atoms with Gasteiger partial charge in [0.05, 0.1) is 18.0 Å². The third-order valence-electron chi connectivity index (χ3n) is 2.98. The molecule has 0 unspecified atom stereocenters. The molecule has 1 fully saturated rings. The molecule has 1 aliphatic heterocycles. The summed E-state index contributed by atoms with van der Waals surface area (Å²) in [7, 11) is 1.72. The molecule has 1 N–H and O–H groups in total. The van der Waals surface area contributed by atoms with Crippen molar-refractivity contribution in [3.05, 3.63) is 24.5 Å². The summed E-state index contributed by atoms with van der Waals surface area (Å²) in [5, 5.41) is 2.83. The third kappa shape index (κ3) is 3.17. The van der Waals surface area contributed by atoms with Gasteiger partial charge in [0.2, 0.25) is 0 Å². The number of nitrogens with zero attached hydrogens (tertiary/aromatic N) is 2. The Morgan fingerprint density at radius 3 is 2.88 bits per heavy atom. The van der Waals surface area contributed by atoms with Gasteiger partial charge in [0.25, 0.3) is 0 Å². The summed E-state index contributed by atoms with van der Waals surface area (Å²) in [5.41, 5.74) is 0.728. The Morgan fingerprint density at radius 1 is 1.53 bits per heavy atom. The minimum Gasteiger partial charge on any atom is -0.381 e. The van der Waals surface area contributed by atoms with Crippen molar-refractivity contribution in [2.45, 2.75) is 18.9 Å². The third-order valence-corrected chi connectivity index (χ3v) is 2.98. The van der Waals surface area contributed by atoms with Crippen molar-refractivity contribution >= 4 is 11.7 Å². The van der Waals surface area contributed by atoms with Crippen LogP contribution < -0.4 is 5.32 Å². The molecule has 2 rings (SSSR count). The fourth-order valence-corrected chi connectivity index (χ4v) is 1.93. The molecule has 1 aliphatic rings. The van der Waals surface area contributed by atoms with Gasteiger partial charge in [-0.15, -0.1) is 0 Å². The number of amides is 2. The summed E-state index contributed by atoms with van der Waals surface area (Å²) in [4.78, 5) is 17.7. The lowest BCUT2D eigenvalue weighted by molar-refractivity contribution is 0.0521. The van der Waals surface area contributed by atoms with E-state index < -0.39 is 0 Å². The number of rotatable bonds is 2. The number of hydrogen-bond donors (Lipinski definition) is 1. The zero-order chi connectivity index (χ0) is 12.1. The summed E-state index contributed by atoms with van der Waals surface area (Å²) in [5.74, 6) is 0. The number of ether oxygens (including phenoxy) is 1. The molecular weight excluding hydrogens is 218 g/mol. The van der Waals surface area contributed by atoms with Crippen LogP contribution >= 0.6 is 0 Å². The predicted molar refractivity (Wildman–Crippen MR) is 64.9 cm³/mol. The largest absolute Gasteiger partial charge is 0.381 e. The standard InChI is InChI=1S/C12H17N3O2/c1-17-11-4-7-15(8-5-11)12(16)14-10-3-2-6-13-9-10/h2-3,6,9,11H,4-5,7-8H2,1H3,(H,14,16). The van der Waals surface area contributed by atoms with Crippen molar-refractivity contribution in [2.75, 3.05) is 25.5 Å². The number of aromatic nitrogens is 1. The molecule has 1 aromatic heterocycles. The highest BCUT2D eigenvalue weighted by Crippen LogP contribution is 2.14. The lowest BCUT2D eigenvalue weighted by atomic mass is 10.1. The van der Waals surface area contributed by atoms with E-state index in [0.717, 1.165) is 31.6 Å². The van der Waals surface area contributed by atoms with E-state index >= 15 is 0 Å². The number of carbonyl (C=O) groups is 1. The van der Waals surface area contributed by atoms with E-state index in [-0.39, 0.29) is 12.1 Å². The molecule has 0 spiro atoms. The highest BCUT2D eigenvalue weighted by molar-refractivity contribution is 5.89. The van der Waals surface area contributed by atoms with Gasteiger partial charge in [0.1, 0.15) is 0 Å². The number of anilines is 1. The molecule has 92 valence electrons. The Kier molecular flexibility index (Phi) is 3.93. The van der Waals surface area contributed by atoms with Crippen LogP contribution in [0.25, 0.3) is 0 Å². The Bertz CT molecular complexity index is 361. The zero-order valence-corrected chi connectivity index (χ0v) is 9.93. The van der Waals surface area contributed by atoms with E-state index in [1.165, 1.54) is 0 Å². The van der Waals surface area contributed by atoms with Crippen molar-refractivity contribution in [1.29, 1.82) is 0 Å². The second-order valence-electron chi connectivity index (χ2n) is 4.09. The maximum Gasteiger partial charge on any atom is 0.321 e. The number of nitrogens with one attached hydrogen (secondary N) is 1. The van der Waals surface area contributed by atoms with Crippen molar-refractivity contribution in [2.24, 2.45) is 0 Å². The summed E-state index contributed by atoms with van der Waals surface area (Å²) < 4.78 is 5.27. The average Bonchev–Trinajstić information content (AvgIpc) is 2.40. The van der Waals surface area contributed by atoms with Crippen molar-refractivity contribution in [1.82, 2.24) is 9.88 Å². The summed E-state index contributed by atoms with van der Waals surface area (Å²) in [6.07, 6.45) is 5.41. The molecule has 0 atom stereocenters. The Morgan fingerprint density at radius 2 is 2.29 bits per heavy atom. The molecule has 0 saturated carbocycles. The molecule has 0 aromatic carbocycles. The molecule has 1 saturated heterocycles. The zero-order valence-electron chi connectivity index (χ0n) is 9.93. The molecule has 5 nitrogen and oxygen atoms in total. The maximum absolute atomic E-state index is 11.9. The lowest BCUT2D eigenvalue weighted by Gasteiger charge is -2.31. The van der Waals surface area contributed by atoms with Crippen LogP contribution in [-0.2, 0) is 4.74 Å². The van der Waals surface area contributed by atoms with E-state index in [9.17, 15) is 4.79 Å². The molecule has 17 heavy (non-hydrogen) atoms. The summed E-state index contributed by atoms with van der Waals surface area (Å²) in [6, 6.07) is 3.56. The summed E-state index contributed by atoms with van der Waals surface area (Å²) >= 11 is 0. The van der Waals surface area contributed by atoms with Crippen molar-refractivity contribution in [3.63, 3.8) is 0 Å². The molecular formula is C12H17N3O2. The highest BCUT2D eigenvalue weighted by Gasteiger charge is 2.22. The first-order chi connectivity index (χ1) is 8.29. The van der Waals surface area contributed by atoms with E-state index in [1.54, 1.807) is 25.6 Å². The highest BCUT2D eigenvalue weighted by atomic mass is 16.5. The van der Waals surface area contributed by atoms with Crippen LogP contribution in [0.15, 0.2) is 24.5 Å². The summed E-state index contributed by atoms with van der Waals surface area (Å²) in [6.45, 7) is 1.48. The predicted octanol–water partition coefficient (Wildman–Crippen LogP) is 1.72. The molecule has 0 aliphatic carbocycles.